The quantitative estimate of drug-likeness (QED) is 0.841. The van der Waals surface area contributed by atoms with Crippen LogP contribution in [0.5, 0.6) is 5.75 Å². The normalized spacial score (nSPS) is 12.5. The lowest BCUT2D eigenvalue weighted by Crippen LogP contribution is -2.44. The molecule has 4 heteroatoms. The van der Waals surface area contributed by atoms with Crippen molar-refractivity contribution in [3.63, 3.8) is 0 Å². The molecule has 1 amide bonds. The van der Waals surface area contributed by atoms with Gasteiger partial charge in [-0.2, -0.15) is 0 Å². The minimum atomic E-state index is -0.473. The fourth-order valence-corrected chi connectivity index (χ4v) is 1.91. The maximum atomic E-state index is 12.2. The fourth-order valence-electron chi connectivity index (χ4n) is 1.91. The predicted molar refractivity (Wildman–Crippen MR) is 73.6 cm³/mol. The number of anilines is 1. The molecule has 0 spiro atoms. The molecule has 0 unspecified atom stereocenters. The summed E-state index contributed by atoms with van der Waals surface area (Å²) in [7, 11) is 0. The number of nitrogens with two attached hydrogens (primary N) is 1. The second-order valence-corrected chi connectivity index (χ2v) is 4.83. The molecule has 1 rings (SSSR count). The number of aromatic hydroxyl groups is 1. The standard InChI is InChI=1S/C14H22N2O2/c1-4-16(11-5-7-12(17)8-6-11)14(18)13(15)9-10(2)3/h5-8,10,13,17H,4,9,15H2,1-3H3/t13-/m0/s1. The van der Waals surface area contributed by atoms with Gasteiger partial charge in [-0.25, -0.2) is 0 Å². The zero-order valence-electron chi connectivity index (χ0n) is 11.3. The number of benzene rings is 1. The van der Waals surface area contributed by atoms with Crippen LogP contribution >= 0.6 is 0 Å². The summed E-state index contributed by atoms with van der Waals surface area (Å²) in [5.41, 5.74) is 6.68. The zero-order chi connectivity index (χ0) is 13.7. The molecule has 0 saturated heterocycles. The van der Waals surface area contributed by atoms with E-state index in [0.29, 0.717) is 18.9 Å². The van der Waals surface area contributed by atoms with Crippen LogP contribution in [0.4, 0.5) is 5.69 Å². The Bertz CT molecular complexity index is 387. The lowest BCUT2D eigenvalue weighted by atomic mass is 10.0. The summed E-state index contributed by atoms with van der Waals surface area (Å²) in [5.74, 6) is 0.507. The molecule has 1 atom stereocenters. The van der Waals surface area contributed by atoms with E-state index in [1.54, 1.807) is 29.2 Å². The molecule has 1 aromatic carbocycles. The van der Waals surface area contributed by atoms with Crippen LogP contribution in [0.15, 0.2) is 24.3 Å². The third-order valence-electron chi connectivity index (χ3n) is 2.79. The van der Waals surface area contributed by atoms with Crippen LogP contribution in [0.1, 0.15) is 27.2 Å². The molecule has 1 aromatic rings. The van der Waals surface area contributed by atoms with Crippen LogP contribution in [0.3, 0.4) is 0 Å². The number of nitrogens with zero attached hydrogens (tertiary/aromatic N) is 1. The summed E-state index contributed by atoms with van der Waals surface area (Å²) in [6, 6.07) is 6.11. The molecule has 0 heterocycles. The van der Waals surface area contributed by atoms with Gasteiger partial charge in [0, 0.05) is 12.2 Å². The average Bonchev–Trinajstić information content (AvgIpc) is 2.31. The Labute approximate surface area is 108 Å². The van der Waals surface area contributed by atoms with Gasteiger partial charge in [0.1, 0.15) is 5.75 Å². The number of rotatable bonds is 5. The molecule has 0 aliphatic rings. The highest BCUT2D eigenvalue weighted by Gasteiger charge is 2.21. The Kier molecular flexibility index (Phi) is 5.16. The Hall–Kier alpha value is -1.55. The van der Waals surface area contributed by atoms with Crippen LogP contribution in [-0.4, -0.2) is 23.6 Å². The molecule has 4 nitrogen and oxygen atoms in total. The fraction of sp³-hybridized carbons (Fsp3) is 0.500. The number of phenols is 1. The van der Waals surface area contributed by atoms with Crippen LogP contribution in [0.25, 0.3) is 0 Å². The topological polar surface area (TPSA) is 66.6 Å². The van der Waals surface area contributed by atoms with Crippen LogP contribution in [0.2, 0.25) is 0 Å². The lowest BCUT2D eigenvalue weighted by Gasteiger charge is -2.25. The van der Waals surface area contributed by atoms with Crippen molar-refractivity contribution >= 4 is 11.6 Å². The summed E-state index contributed by atoms with van der Waals surface area (Å²) in [6.45, 7) is 6.57. The molecular weight excluding hydrogens is 228 g/mol. The van der Waals surface area contributed by atoms with Crippen LogP contribution in [0, 0.1) is 5.92 Å². The van der Waals surface area contributed by atoms with Crippen molar-refractivity contribution in [1.29, 1.82) is 0 Å². The smallest absolute Gasteiger partial charge is 0.243 e. The Morgan fingerprint density at radius 1 is 1.33 bits per heavy atom. The van der Waals surface area contributed by atoms with E-state index in [9.17, 15) is 9.90 Å². The van der Waals surface area contributed by atoms with Gasteiger partial charge in [0.05, 0.1) is 6.04 Å². The average molecular weight is 250 g/mol. The molecule has 0 aromatic heterocycles. The highest BCUT2D eigenvalue weighted by molar-refractivity contribution is 5.97. The third kappa shape index (κ3) is 3.74. The molecule has 18 heavy (non-hydrogen) atoms. The molecular formula is C14H22N2O2. The Balaban J connectivity index is 2.82. The number of carbonyl (C=O) groups excluding carboxylic acids is 1. The largest absolute Gasteiger partial charge is 0.508 e. The van der Waals surface area contributed by atoms with Gasteiger partial charge >= 0.3 is 0 Å². The molecule has 100 valence electrons. The van der Waals surface area contributed by atoms with E-state index in [4.69, 9.17) is 5.73 Å². The van der Waals surface area contributed by atoms with Crippen LogP contribution < -0.4 is 10.6 Å². The van der Waals surface area contributed by atoms with E-state index >= 15 is 0 Å². The van der Waals surface area contributed by atoms with E-state index in [-0.39, 0.29) is 11.7 Å². The molecule has 0 bridgehead atoms. The first-order valence-electron chi connectivity index (χ1n) is 6.31. The van der Waals surface area contributed by atoms with E-state index in [1.807, 2.05) is 20.8 Å². The molecule has 0 aliphatic carbocycles. The summed E-state index contributed by atoms with van der Waals surface area (Å²) >= 11 is 0. The summed E-state index contributed by atoms with van der Waals surface area (Å²) in [4.78, 5) is 13.9. The lowest BCUT2D eigenvalue weighted by molar-refractivity contribution is -0.120. The van der Waals surface area contributed by atoms with Crippen molar-refractivity contribution in [2.45, 2.75) is 33.2 Å². The first-order valence-corrected chi connectivity index (χ1v) is 6.31. The Morgan fingerprint density at radius 2 is 1.89 bits per heavy atom. The third-order valence-corrected chi connectivity index (χ3v) is 2.79. The second kappa shape index (κ2) is 6.40. The van der Waals surface area contributed by atoms with E-state index in [1.165, 1.54) is 0 Å². The van der Waals surface area contributed by atoms with Crippen molar-refractivity contribution in [3.05, 3.63) is 24.3 Å². The molecule has 0 radical (unpaired) electrons. The van der Waals surface area contributed by atoms with Gasteiger partial charge in [0.25, 0.3) is 0 Å². The summed E-state index contributed by atoms with van der Waals surface area (Å²) in [6.07, 6.45) is 0.674. The van der Waals surface area contributed by atoms with Crippen molar-refractivity contribution in [2.75, 3.05) is 11.4 Å². The molecule has 3 N–H and O–H groups in total. The van der Waals surface area contributed by atoms with Gasteiger partial charge in [0.2, 0.25) is 5.91 Å². The number of hydrogen-bond acceptors (Lipinski definition) is 3. The monoisotopic (exact) mass is 250 g/mol. The van der Waals surface area contributed by atoms with Crippen molar-refractivity contribution in [2.24, 2.45) is 11.7 Å². The van der Waals surface area contributed by atoms with Gasteiger partial charge in [-0.3, -0.25) is 4.79 Å². The molecule has 0 aliphatic heterocycles. The van der Waals surface area contributed by atoms with Gasteiger partial charge in [-0.1, -0.05) is 13.8 Å². The predicted octanol–water partition coefficient (Wildman–Crippen LogP) is 2.12. The highest BCUT2D eigenvalue weighted by Crippen LogP contribution is 2.19. The number of amides is 1. The van der Waals surface area contributed by atoms with Gasteiger partial charge in [0.15, 0.2) is 0 Å². The van der Waals surface area contributed by atoms with Crippen LogP contribution in [-0.2, 0) is 4.79 Å². The molecule has 0 saturated carbocycles. The van der Waals surface area contributed by atoms with E-state index < -0.39 is 6.04 Å². The SMILES string of the molecule is CCN(C(=O)[C@@H](N)CC(C)C)c1ccc(O)cc1. The Morgan fingerprint density at radius 3 is 2.33 bits per heavy atom. The highest BCUT2D eigenvalue weighted by atomic mass is 16.3. The maximum Gasteiger partial charge on any atom is 0.243 e. The first-order chi connectivity index (χ1) is 8.45. The first kappa shape index (κ1) is 14.5. The summed E-state index contributed by atoms with van der Waals surface area (Å²) in [5, 5.41) is 9.25. The van der Waals surface area contributed by atoms with E-state index in [2.05, 4.69) is 0 Å². The second-order valence-electron chi connectivity index (χ2n) is 4.83. The zero-order valence-corrected chi connectivity index (χ0v) is 11.3. The van der Waals surface area contributed by atoms with Crippen molar-refractivity contribution in [3.8, 4) is 5.75 Å². The minimum Gasteiger partial charge on any atom is -0.508 e. The van der Waals surface area contributed by atoms with E-state index in [0.717, 1.165) is 5.69 Å². The van der Waals surface area contributed by atoms with Gasteiger partial charge in [-0.15, -0.1) is 0 Å². The number of likely N-dealkylation sites (N-methyl/N-ethyl adjacent to an activating group) is 1. The number of phenolic OH excluding ortho intramolecular Hbond substituents is 1. The van der Waals surface area contributed by atoms with Crippen molar-refractivity contribution < 1.29 is 9.90 Å². The molecule has 0 fully saturated rings. The van der Waals surface area contributed by atoms with Crippen molar-refractivity contribution in [1.82, 2.24) is 0 Å². The number of hydrogen-bond donors (Lipinski definition) is 2. The minimum absolute atomic E-state index is 0.0723. The van der Waals surface area contributed by atoms with Gasteiger partial charge < -0.3 is 15.7 Å². The number of carbonyl (C=O) groups is 1. The summed E-state index contributed by atoms with van der Waals surface area (Å²) < 4.78 is 0. The maximum absolute atomic E-state index is 12.2. The van der Waals surface area contributed by atoms with Gasteiger partial charge in [-0.05, 0) is 43.5 Å².